The first-order chi connectivity index (χ1) is 9.96. The van der Waals surface area contributed by atoms with Gasteiger partial charge in [0.1, 0.15) is 0 Å². The summed E-state index contributed by atoms with van der Waals surface area (Å²) in [6, 6.07) is 7.76. The van der Waals surface area contributed by atoms with E-state index in [2.05, 4.69) is 0 Å². The number of carbonyl (C=O) groups excluding carboxylic acids is 1. The van der Waals surface area contributed by atoms with E-state index in [1.165, 1.54) is 0 Å². The van der Waals surface area contributed by atoms with Crippen molar-refractivity contribution in [1.82, 2.24) is 4.90 Å². The highest BCUT2D eigenvalue weighted by molar-refractivity contribution is 7.91. The Bertz CT molecular complexity index is 613. The van der Waals surface area contributed by atoms with Gasteiger partial charge in [0, 0.05) is 19.6 Å². The second kappa shape index (κ2) is 6.58. The van der Waals surface area contributed by atoms with Crippen LogP contribution >= 0.6 is 0 Å². The minimum Gasteiger partial charge on any atom is -0.338 e. The summed E-state index contributed by atoms with van der Waals surface area (Å²) in [4.78, 5) is 14.2. The molecule has 0 aromatic heterocycles. The van der Waals surface area contributed by atoms with Crippen LogP contribution in [-0.4, -0.2) is 37.3 Å². The van der Waals surface area contributed by atoms with Crippen LogP contribution in [0.4, 0.5) is 0 Å². The van der Waals surface area contributed by atoms with Crippen molar-refractivity contribution in [2.24, 2.45) is 11.7 Å². The largest absolute Gasteiger partial charge is 0.338 e. The van der Waals surface area contributed by atoms with E-state index in [4.69, 9.17) is 5.73 Å². The number of benzene rings is 1. The molecule has 0 bridgehead atoms. The topological polar surface area (TPSA) is 80.5 Å². The minimum absolute atomic E-state index is 0.0130. The van der Waals surface area contributed by atoms with Gasteiger partial charge in [-0.2, -0.15) is 0 Å². The highest BCUT2D eigenvalue weighted by atomic mass is 32.2. The number of rotatable bonds is 5. The lowest BCUT2D eigenvalue weighted by Crippen LogP contribution is -2.36. The summed E-state index contributed by atoms with van der Waals surface area (Å²) in [6.07, 6.45) is 0.441. The third kappa shape index (κ3) is 3.83. The van der Waals surface area contributed by atoms with Gasteiger partial charge in [-0.15, -0.1) is 0 Å². The molecule has 1 saturated heterocycles. The van der Waals surface area contributed by atoms with Crippen molar-refractivity contribution in [3.05, 3.63) is 35.4 Å². The second-order valence-corrected chi connectivity index (χ2v) is 7.65. The number of hydrogen-bond donors (Lipinski definition) is 1. The average Bonchev–Trinajstić information content (AvgIpc) is 2.84. The van der Waals surface area contributed by atoms with Crippen LogP contribution in [0.15, 0.2) is 24.3 Å². The van der Waals surface area contributed by atoms with Gasteiger partial charge in [0.2, 0.25) is 5.91 Å². The minimum atomic E-state index is -3.04. The molecule has 1 unspecified atom stereocenters. The molecule has 1 atom stereocenters. The fourth-order valence-electron chi connectivity index (χ4n) is 2.71. The molecule has 6 heteroatoms. The average molecular weight is 310 g/mol. The molecule has 1 aromatic carbocycles. The third-order valence-electron chi connectivity index (χ3n) is 3.97. The first-order valence-electron chi connectivity index (χ1n) is 7.23. The Morgan fingerprint density at radius 2 is 2.00 bits per heavy atom. The summed E-state index contributed by atoms with van der Waals surface area (Å²) in [5.41, 5.74) is 7.76. The standard InChI is InChI=1S/C15H22N2O3S/c1-2-17(10-13-6-4-3-5-12(13)9-16)15(18)14-7-8-21(19,20)11-14/h3-6,14H,2,7-11,16H2,1H3. The summed E-state index contributed by atoms with van der Waals surface area (Å²) < 4.78 is 23.1. The number of carbonyl (C=O) groups is 1. The van der Waals surface area contributed by atoms with Crippen LogP contribution in [0.1, 0.15) is 24.5 Å². The quantitative estimate of drug-likeness (QED) is 0.877. The van der Waals surface area contributed by atoms with Gasteiger partial charge in [-0.25, -0.2) is 8.42 Å². The predicted octanol–water partition coefficient (Wildman–Crippen LogP) is 0.929. The van der Waals surface area contributed by atoms with Crippen molar-refractivity contribution >= 4 is 15.7 Å². The van der Waals surface area contributed by atoms with E-state index in [0.717, 1.165) is 11.1 Å². The van der Waals surface area contributed by atoms with Gasteiger partial charge in [0.15, 0.2) is 9.84 Å². The van der Waals surface area contributed by atoms with Crippen molar-refractivity contribution in [2.75, 3.05) is 18.1 Å². The van der Waals surface area contributed by atoms with Gasteiger partial charge in [-0.05, 0) is 24.5 Å². The molecule has 0 radical (unpaired) electrons. The van der Waals surface area contributed by atoms with Crippen molar-refractivity contribution in [3.8, 4) is 0 Å². The lowest BCUT2D eigenvalue weighted by atomic mass is 10.0. The molecule has 1 heterocycles. The van der Waals surface area contributed by atoms with Gasteiger partial charge >= 0.3 is 0 Å². The van der Waals surface area contributed by atoms with Gasteiger partial charge in [0.05, 0.1) is 17.4 Å². The predicted molar refractivity (Wildman–Crippen MR) is 82.2 cm³/mol. The van der Waals surface area contributed by atoms with Crippen LogP contribution in [0.5, 0.6) is 0 Å². The molecule has 0 spiro atoms. The summed E-state index contributed by atoms with van der Waals surface area (Å²) in [5.74, 6) is -0.341. The molecular formula is C15H22N2O3S. The van der Waals surface area contributed by atoms with Crippen molar-refractivity contribution in [1.29, 1.82) is 0 Å². The normalized spacial score (nSPS) is 20.4. The summed E-state index contributed by atoms with van der Waals surface area (Å²) in [6.45, 7) is 3.39. The molecule has 2 rings (SSSR count). The molecule has 5 nitrogen and oxygen atoms in total. The first kappa shape index (κ1) is 16.0. The van der Waals surface area contributed by atoms with E-state index in [1.54, 1.807) is 4.90 Å². The van der Waals surface area contributed by atoms with E-state index in [-0.39, 0.29) is 23.3 Å². The van der Waals surface area contributed by atoms with Crippen LogP contribution in [0.3, 0.4) is 0 Å². The van der Waals surface area contributed by atoms with Gasteiger partial charge in [-0.3, -0.25) is 4.79 Å². The molecule has 21 heavy (non-hydrogen) atoms. The van der Waals surface area contributed by atoms with Crippen molar-refractivity contribution in [3.63, 3.8) is 0 Å². The molecular weight excluding hydrogens is 288 g/mol. The molecule has 0 aliphatic carbocycles. The second-order valence-electron chi connectivity index (χ2n) is 5.43. The number of hydrogen-bond acceptors (Lipinski definition) is 4. The zero-order valence-corrected chi connectivity index (χ0v) is 13.1. The molecule has 1 aliphatic heterocycles. The number of sulfone groups is 1. The molecule has 1 aliphatic rings. The van der Waals surface area contributed by atoms with Crippen molar-refractivity contribution < 1.29 is 13.2 Å². The SMILES string of the molecule is CCN(Cc1ccccc1CN)C(=O)C1CCS(=O)(=O)C1. The molecule has 1 amide bonds. The zero-order valence-electron chi connectivity index (χ0n) is 12.3. The monoisotopic (exact) mass is 310 g/mol. The number of amides is 1. The Hall–Kier alpha value is -1.40. The maximum absolute atomic E-state index is 12.5. The van der Waals surface area contributed by atoms with Gasteiger partial charge in [-0.1, -0.05) is 24.3 Å². The highest BCUT2D eigenvalue weighted by Gasteiger charge is 2.35. The first-order valence-corrected chi connectivity index (χ1v) is 9.05. The lowest BCUT2D eigenvalue weighted by molar-refractivity contribution is -0.135. The maximum Gasteiger partial charge on any atom is 0.227 e. The fraction of sp³-hybridized carbons (Fsp3) is 0.533. The Morgan fingerprint density at radius 3 is 2.52 bits per heavy atom. The number of nitrogens with two attached hydrogens (primary N) is 1. The maximum atomic E-state index is 12.5. The number of nitrogens with zero attached hydrogens (tertiary/aromatic N) is 1. The fourth-order valence-corrected chi connectivity index (χ4v) is 4.44. The van der Waals surface area contributed by atoms with E-state index in [9.17, 15) is 13.2 Å². The third-order valence-corrected chi connectivity index (χ3v) is 5.74. The van der Waals surface area contributed by atoms with E-state index < -0.39 is 9.84 Å². The van der Waals surface area contributed by atoms with Gasteiger partial charge in [0.25, 0.3) is 0 Å². The van der Waals surface area contributed by atoms with E-state index in [0.29, 0.717) is 26.1 Å². The van der Waals surface area contributed by atoms with Crippen LogP contribution in [0.25, 0.3) is 0 Å². The highest BCUT2D eigenvalue weighted by Crippen LogP contribution is 2.22. The molecule has 0 saturated carbocycles. The van der Waals surface area contributed by atoms with E-state index in [1.807, 2.05) is 31.2 Å². The lowest BCUT2D eigenvalue weighted by Gasteiger charge is -2.25. The van der Waals surface area contributed by atoms with Crippen molar-refractivity contribution in [2.45, 2.75) is 26.4 Å². The Labute approximate surface area is 126 Å². The van der Waals surface area contributed by atoms with E-state index >= 15 is 0 Å². The summed E-state index contributed by atoms with van der Waals surface area (Å²) in [7, 11) is -3.04. The Morgan fingerprint density at radius 1 is 1.33 bits per heavy atom. The summed E-state index contributed by atoms with van der Waals surface area (Å²) in [5, 5.41) is 0. The Balaban J connectivity index is 2.11. The van der Waals surface area contributed by atoms with Crippen LogP contribution in [0, 0.1) is 5.92 Å². The van der Waals surface area contributed by atoms with Crippen LogP contribution in [-0.2, 0) is 27.7 Å². The molecule has 2 N–H and O–H groups in total. The van der Waals surface area contributed by atoms with Gasteiger partial charge < -0.3 is 10.6 Å². The summed E-state index contributed by atoms with van der Waals surface area (Å²) >= 11 is 0. The molecule has 1 fully saturated rings. The van der Waals surface area contributed by atoms with Crippen LogP contribution in [0.2, 0.25) is 0 Å². The smallest absolute Gasteiger partial charge is 0.227 e. The molecule has 1 aromatic rings. The van der Waals surface area contributed by atoms with Crippen LogP contribution < -0.4 is 5.73 Å². The Kier molecular flexibility index (Phi) is 5.00. The zero-order chi connectivity index (χ0) is 15.5. The molecule has 116 valence electrons.